The fourth-order valence-electron chi connectivity index (χ4n) is 0. The topological polar surface area (TPSA) is 0 Å². The molecule has 0 aromatic rings. The van der Waals surface area contributed by atoms with Crippen LogP contribution in [0.3, 0.4) is 0 Å². The summed E-state index contributed by atoms with van der Waals surface area (Å²) in [6.07, 6.45) is 0. The van der Waals surface area contributed by atoms with Gasteiger partial charge in [-0.2, -0.15) is 0 Å². The van der Waals surface area contributed by atoms with Gasteiger partial charge in [0.1, 0.15) is 0 Å². The molecule has 0 heterocycles. The third-order valence-electron chi connectivity index (χ3n) is 0. The van der Waals surface area contributed by atoms with Crippen molar-refractivity contribution in [3.8, 4) is 0 Å². The van der Waals surface area contributed by atoms with Crippen molar-refractivity contribution in [1.29, 1.82) is 0 Å². The van der Waals surface area contributed by atoms with Gasteiger partial charge in [-0.3, -0.25) is 0 Å². The van der Waals surface area contributed by atoms with Crippen LogP contribution in [0.25, 0.3) is 0 Å². The van der Waals surface area contributed by atoms with Crippen LogP contribution in [0.2, 0.25) is 0 Å². The quantitative estimate of drug-likeness (QED) is 0.415. The van der Waals surface area contributed by atoms with Gasteiger partial charge in [0.2, 0.25) is 0 Å². The molecule has 0 nitrogen and oxygen atoms in total. The first-order valence-electron chi connectivity index (χ1n) is 0.378. The van der Waals surface area contributed by atoms with Gasteiger partial charge in [-0.15, -0.1) is 12.4 Å². The summed E-state index contributed by atoms with van der Waals surface area (Å²) in [7, 11) is 0. The number of halogens is 2. The summed E-state index contributed by atoms with van der Waals surface area (Å²) in [5.74, 6) is 0. The van der Waals surface area contributed by atoms with Gasteiger partial charge >= 0.3 is 110 Å². The third-order valence-corrected chi connectivity index (χ3v) is 0. The van der Waals surface area contributed by atoms with Crippen LogP contribution in [0.15, 0.2) is 0 Å². The van der Waals surface area contributed by atoms with E-state index >= 15 is 0 Å². The van der Waals surface area contributed by atoms with E-state index in [0.717, 1.165) is 0 Å². The molecular formula is H3Cl2KNa2. The second-order valence-corrected chi connectivity index (χ2v) is 0. The number of rotatable bonds is 0. The summed E-state index contributed by atoms with van der Waals surface area (Å²) in [6, 6.07) is 0. The Bertz CT molecular complexity index is 7.61. The van der Waals surface area contributed by atoms with Crippen LogP contribution in [-0.2, 0) is 0 Å². The summed E-state index contributed by atoms with van der Waals surface area (Å²) in [5, 5.41) is 0. The second-order valence-electron chi connectivity index (χ2n) is 0. The molecule has 0 aromatic carbocycles. The second kappa shape index (κ2) is 24.1. The van der Waals surface area contributed by atoms with Crippen molar-refractivity contribution in [3.63, 3.8) is 0 Å². The van der Waals surface area contributed by atoms with Crippen LogP contribution in [0.4, 0.5) is 0 Å². The van der Waals surface area contributed by atoms with Gasteiger partial charge in [0.25, 0.3) is 0 Å². The number of hydrogen-bond donors (Lipinski definition) is 0. The molecule has 0 aliphatic heterocycles. The van der Waals surface area contributed by atoms with Crippen molar-refractivity contribution < 1.29 is 0 Å². The Labute approximate surface area is 119 Å². The fraction of sp³-hybridized carbons (Fsp3) is 0. The first-order valence-corrected chi connectivity index (χ1v) is 4.68. The molecule has 5 heteroatoms. The molecule has 0 spiro atoms. The van der Waals surface area contributed by atoms with E-state index < -0.39 is 0 Å². The molecule has 0 fully saturated rings. The van der Waals surface area contributed by atoms with Crippen LogP contribution in [-0.4, -0.2) is 106 Å². The summed E-state index contributed by atoms with van der Waals surface area (Å²) in [6.45, 7) is 0. The van der Waals surface area contributed by atoms with Gasteiger partial charge in [0.05, 0.1) is 0 Å². The normalized spacial score (nSPS) is 1.40. The van der Waals surface area contributed by atoms with E-state index in [9.17, 15) is 0 Å². The van der Waals surface area contributed by atoms with Crippen molar-refractivity contribution in [1.82, 2.24) is 0 Å². The molecular weight excluding hydrogens is 156 g/mol. The molecule has 20 valence electrons. The minimum absolute atomic E-state index is 0. The molecule has 0 N–H and O–H groups in total. The molecule has 0 saturated heterocycles. The Hall–Kier alpha value is 4.22. The van der Waals surface area contributed by atoms with Gasteiger partial charge in [-0.1, -0.05) is 0 Å². The average Bonchev–Trinajstić information content (AvgIpc) is 1.00. The Morgan fingerprint density at radius 3 is 1.00 bits per heavy atom. The van der Waals surface area contributed by atoms with Gasteiger partial charge in [-0.25, -0.2) is 0 Å². The van der Waals surface area contributed by atoms with Gasteiger partial charge in [-0.05, 0) is 0 Å². The van der Waals surface area contributed by atoms with Crippen molar-refractivity contribution in [3.05, 3.63) is 0 Å². The molecule has 5 heavy (non-hydrogen) atoms. The molecule has 0 unspecified atom stereocenters. The van der Waals surface area contributed by atoms with Crippen LogP contribution in [0.1, 0.15) is 0 Å². The zero-order valence-electron chi connectivity index (χ0n) is 1.79. The molecule has 0 aromatic heterocycles. The van der Waals surface area contributed by atoms with Gasteiger partial charge in [0.15, 0.2) is 0 Å². The van der Waals surface area contributed by atoms with Crippen molar-refractivity contribution in [2.24, 2.45) is 0 Å². The maximum absolute atomic E-state index is 4.83. The summed E-state index contributed by atoms with van der Waals surface area (Å²) >= 11 is 0.535. The molecule has 0 amide bonds. The third kappa shape index (κ3) is 17.9. The van der Waals surface area contributed by atoms with E-state index in [-0.39, 0.29) is 71.5 Å². The SMILES string of the molecule is Cl.[Cl][K].[NaH].[NaH]. The predicted molar refractivity (Wildman–Crippen MR) is 33.2 cm³/mol. The zero-order valence-corrected chi connectivity index (χ0v) is 6.48. The van der Waals surface area contributed by atoms with Crippen LogP contribution >= 0.6 is 16.2 Å². The zero-order chi connectivity index (χ0) is 2.00. The Morgan fingerprint density at radius 1 is 1.00 bits per heavy atom. The van der Waals surface area contributed by atoms with Crippen molar-refractivity contribution in [2.45, 2.75) is 0 Å². The van der Waals surface area contributed by atoms with E-state index in [4.69, 9.17) is 3.76 Å². The molecule has 0 aliphatic carbocycles. The average molecular weight is 159 g/mol. The molecule has 0 rings (SSSR count). The predicted octanol–water partition coefficient (Wildman–Crippen LogP) is -0.567. The van der Waals surface area contributed by atoms with Crippen molar-refractivity contribution >= 4 is 122 Å². The monoisotopic (exact) mass is 158 g/mol. The summed E-state index contributed by atoms with van der Waals surface area (Å²) < 4.78 is 4.83. The first-order chi connectivity index (χ1) is 1.00. The van der Waals surface area contributed by atoms with Crippen LogP contribution in [0, 0.1) is 0 Å². The van der Waals surface area contributed by atoms with Crippen LogP contribution < -0.4 is 0 Å². The van der Waals surface area contributed by atoms with E-state index in [0.29, 0.717) is 47.1 Å². The molecule has 0 atom stereocenters. The summed E-state index contributed by atoms with van der Waals surface area (Å²) in [5.41, 5.74) is 0. The molecule has 0 radical (unpaired) electrons. The maximum atomic E-state index is 4.83. The Morgan fingerprint density at radius 2 is 1.00 bits per heavy atom. The van der Waals surface area contributed by atoms with E-state index in [2.05, 4.69) is 0 Å². The van der Waals surface area contributed by atoms with E-state index in [1.54, 1.807) is 0 Å². The fourth-order valence-corrected chi connectivity index (χ4v) is 0. The minimum atomic E-state index is 0. The van der Waals surface area contributed by atoms with E-state index in [1.807, 2.05) is 0 Å². The molecule has 0 saturated carbocycles. The van der Waals surface area contributed by atoms with E-state index in [1.165, 1.54) is 0 Å². The van der Waals surface area contributed by atoms with Crippen LogP contribution in [0.5, 0.6) is 0 Å². The van der Waals surface area contributed by atoms with Crippen molar-refractivity contribution in [2.75, 3.05) is 0 Å². The number of hydrogen-bond acceptors (Lipinski definition) is 0. The van der Waals surface area contributed by atoms with Gasteiger partial charge < -0.3 is 0 Å². The Kier molecular flexibility index (Phi) is 110. The standard InChI is InChI=1S/2ClH.K.2Na.2H/h2*1H;;;;;/q;;+1;;;;/p-1. The summed E-state index contributed by atoms with van der Waals surface area (Å²) in [4.78, 5) is 0. The Balaban J connectivity index is -0.00000000167. The first kappa shape index (κ1) is 22.9. The van der Waals surface area contributed by atoms with Gasteiger partial charge in [0, 0.05) is 0 Å². The molecule has 0 aliphatic rings. The molecule has 0 bridgehead atoms.